The molecule has 0 saturated heterocycles. The van der Waals surface area contributed by atoms with Crippen LogP contribution in [0, 0.1) is 0 Å². The highest BCUT2D eigenvalue weighted by atomic mass is 35.5. The molecule has 3 aromatic carbocycles. The van der Waals surface area contributed by atoms with Crippen LogP contribution in [0.4, 0.5) is 0 Å². The maximum absolute atomic E-state index is 9.92. The van der Waals surface area contributed by atoms with E-state index in [0.29, 0.717) is 38.4 Å². The van der Waals surface area contributed by atoms with E-state index in [1.54, 1.807) is 18.2 Å². The number of aliphatic hydroxyl groups excluding tert-OH is 1. The third-order valence-corrected chi connectivity index (χ3v) is 4.79. The second-order valence-corrected chi connectivity index (χ2v) is 6.90. The van der Waals surface area contributed by atoms with Crippen molar-refractivity contribution in [2.24, 2.45) is 0 Å². The van der Waals surface area contributed by atoms with Crippen molar-refractivity contribution in [3.8, 4) is 34.1 Å². The van der Waals surface area contributed by atoms with Crippen LogP contribution in [-0.4, -0.2) is 10.3 Å². The standard InChI is InChI=1S/C22H15Cl2NO3/c23-15-8-11-20(24)18(12-15)22-19(13-26)21(25-28-22)14-6-9-17(10-7-14)27-16-4-2-1-3-5-16/h1-12,26H,13H2. The Hall–Kier alpha value is -2.79. The molecule has 0 atom stereocenters. The molecule has 1 N–H and O–H groups in total. The molecule has 1 heterocycles. The van der Waals surface area contributed by atoms with Gasteiger partial charge >= 0.3 is 0 Å². The van der Waals surface area contributed by atoms with Gasteiger partial charge in [0.05, 0.1) is 17.2 Å². The molecule has 4 rings (SSSR count). The van der Waals surface area contributed by atoms with E-state index in [9.17, 15) is 5.11 Å². The van der Waals surface area contributed by atoms with Crippen LogP contribution in [0.5, 0.6) is 11.5 Å². The fourth-order valence-electron chi connectivity index (χ4n) is 2.87. The zero-order valence-corrected chi connectivity index (χ0v) is 16.1. The number of hydrogen-bond acceptors (Lipinski definition) is 4. The second-order valence-electron chi connectivity index (χ2n) is 6.06. The predicted octanol–water partition coefficient (Wildman–Crippen LogP) is 6.60. The monoisotopic (exact) mass is 411 g/mol. The minimum Gasteiger partial charge on any atom is -0.457 e. The molecule has 140 valence electrons. The number of aromatic nitrogens is 1. The van der Waals surface area contributed by atoms with Gasteiger partial charge in [0.2, 0.25) is 0 Å². The van der Waals surface area contributed by atoms with E-state index in [-0.39, 0.29) is 6.61 Å². The SMILES string of the molecule is OCc1c(-c2ccc(Oc3ccccc3)cc2)noc1-c1cc(Cl)ccc1Cl. The molecule has 1 aromatic heterocycles. The van der Waals surface area contributed by atoms with Crippen LogP contribution in [0.25, 0.3) is 22.6 Å². The van der Waals surface area contributed by atoms with Gasteiger partial charge in [0.1, 0.15) is 17.2 Å². The van der Waals surface area contributed by atoms with Crippen LogP contribution in [0.15, 0.2) is 77.3 Å². The highest BCUT2D eigenvalue weighted by Crippen LogP contribution is 2.37. The van der Waals surface area contributed by atoms with Crippen LogP contribution in [0.2, 0.25) is 10.0 Å². The number of para-hydroxylation sites is 1. The largest absolute Gasteiger partial charge is 0.457 e. The minimum absolute atomic E-state index is 0.251. The molecule has 0 aliphatic carbocycles. The molecule has 4 aromatic rings. The van der Waals surface area contributed by atoms with E-state index in [0.717, 1.165) is 11.3 Å². The van der Waals surface area contributed by atoms with Crippen molar-refractivity contribution in [2.45, 2.75) is 6.61 Å². The Labute approximate surface area is 171 Å². The summed E-state index contributed by atoms with van der Waals surface area (Å²) in [6, 6.07) is 22.0. The second kappa shape index (κ2) is 8.07. The van der Waals surface area contributed by atoms with E-state index in [4.69, 9.17) is 32.5 Å². The lowest BCUT2D eigenvalue weighted by molar-refractivity contribution is 0.281. The van der Waals surface area contributed by atoms with Crippen molar-refractivity contribution in [2.75, 3.05) is 0 Å². The van der Waals surface area contributed by atoms with E-state index in [1.165, 1.54) is 0 Å². The van der Waals surface area contributed by atoms with Crippen LogP contribution < -0.4 is 4.74 Å². The van der Waals surface area contributed by atoms with Crippen molar-refractivity contribution in [1.29, 1.82) is 0 Å². The molecule has 28 heavy (non-hydrogen) atoms. The summed E-state index contributed by atoms with van der Waals surface area (Å²) in [4.78, 5) is 0. The Morgan fingerprint density at radius 3 is 2.32 bits per heavy atom. The Kier molecular flexibility index (Phi) is 5.35. The number of halogens is 2. The average molecular weight is 412 g/mol. The molecule has 0 amide bonds. The summed E-state index contributed by atoms with van der Waals surface area (Å²) >= 11 is 12.3. The van der Waals surface area contributed by atoms with Gasteiger partial charge in [-0.15, -0.1) is 0 Å². The van der Waals surface area contributed by atoms with Crippen LogP contribution in [-0.2, 0) is 6.61 Å². The fraction of sp³-hybridized carbons (Fsp3) is 0.0455. The molecule has 0 radical (unpaired) electrons. The first-order valence-electron chi connectivity index (χ1n) is 8.54. The van der Waals surface area contributed by atoms with Crippen molar-refractivity contribution in [3.63, 3.8) is 0 Å². The molecule has 4 nitrogen and oxygen atoms in total. The number of ether oxygens (including phenoxy) is 1. The van der Waals surface area contributed by atoms with Gasteiger partial charge in [0.25, 0.3) is 0 Å². The van der Waals surface area contributed by atoms with Gasteiger partial charge in [-0.1, -0.05) is 46.6 Å². The smallest absolute Gasteiger partial charge is 0.174 e. The fourth-order valence-corrected chi connectivity index (χ4v) is 3.25. The zero-order valence-electron chi connectivity index (χ0n) is 14.6. The summed E-state index contributed by atoms with van der Waals surface area (Å²) in [6.07, 6.45) is 0. The van der Waals surface area contributed by atoms with Crippen molar-refractivity contribution in [1.82, 2.24) is 5.16 Å². The maximum Gasteiger partial charge on any atom is 0.174 e. The molecule has 0 bridgehead atoms. The third kappa shape index (κ3) is 3.76. The summed E-state index contributed by atoms with van der Waals surface area (Å²) in [5.41, 5.74) is 2.46. The zero-order chi connectivity index (χ0) is 19.5. The lowest BCUT2D eigenvalue weighted by Gasteiger charge is -2.07. The van der Waals surface area contributed by atoms with Gasteiger partial charge in [-0.05, 0) is 54.6 Å². The van der Waals surface area contributed by atoms with Gasteiger partial charge in [-0.3, -0.25) is 0 Å². The van der Waals surface area contributed by atoms with E-state index >= 15 is 0 Å². The third-order valence-electron chi connectivity index (χ3n) is 4.23. The maximum atomic E-state index is 9.92. The average Bonchev–Trinajstić information content (AvgIpc) is 3.15. The molecule has 0 aliphatic rings. The normalized spacial score (nSPS) is 10.8. The van der Waals surface area contributed by atoms with Crippen LogP contribution in [0.1, 0.15) is 5.56 Å². The van der Waals surface area contributed by atoms with E-state index < -0.39 is 0 Å². The van der Waals surface area contributed by atoms with Gasteiger partial charge < -0.3 is 14.4 Å². The summed E-state index contributed by atoms with van der Waals surface area (Å²) in [6.45, 7) is -0.251. The number of rotatable bonds is 5. The van der Waals surface area contributed by atoms with Gasteiger partial charge in [-0.25, -0.2) is 0 Å². The first kappa shape index (κ1) is 18.6. The van der Waals surface area contributed by atoms with Gasteiger partial charge in [-0.2, -0.15) is 0 Å². The van der Waals surface area contributed by atoms with Crippen molar-refractivity contribution < 1.29 is 14.4 Å². The summed E-state index contributed by atoms with van der Waals surface area (Å²) in [5.74, 6) is 1.85. The number of aliphatic hydroxyl groups is 1. The molecule has 0 saturated carbocycles. The molecular weight excluding hydrogens is 397 g/mol. The quantitative estimate of drug-likeness (QED) is 0.401. The van der Waals surface area contributed by atoms with E-state index in [1.807, 2.05) is 54.6 Å². The lowest BCUT2D eigenvalue weighted by Crippen LogP contribution is -1.90. The summed E-state index contributed by atoms with van der Waals surface area (Å²) in [7, 11) is 0. The Morgan fingerprint density at radius 1 is 0.893 bits per heavy atom. The van der Waals surface area contributed by atoms with Crippen LogP contribution >= 0.6 is 23.2 Å². The van der Waals surface area contributed by atoms with Crippen molar-refractivity contribution >= 4 is 23.2 Å². The predicted molar refractivity (Wildman–Crippen MR) is 110 cm³/mol. The lowest BCUT2D eigenvalue weighted by atomic mass is 10.0. The highest BCUT2D eigenvalue weighted by Gasteiger charge is 2.20. The number of benzene rings is 3. The molecule has 0 unspecified atom stereocenters. The Balaban J connectivity index is 1.66. The molecule has 6 heteroatoms. The van der Waals surface area contributed by atoms with Crippen molar-refractivity contribution in [3.05, 3.63) is 88.4 Å². The van der Waals surface area contributed by atoms with E-state index in [2.05, 4.69) is 5.16 Å². The molecule has 0 aliphatic heterocycles. The summed E-state index contributed by atoms with van der Waals surface area (Å²) < 4.78 is 11.3. The highest BCUT2D eigenvalue weighted by molar-refractivity contribution is 6.35. The van der Waals surface area contributed by atoms with Crippen LogP contribution in [0.3, 0.4) is 0 Å². The first-order chi connectivity index (χ1) is 13.7. The minimum atomic E-state index is -0.251. The Bertz CT molecular complexity index is 1090. The molecule has 0 spiro atoms. The van der Waals surface area contributed by atoms with Gasteiger partial charge in [0.15, 0.2) is 5.76 Å². The number of hydrogen-bond donors (Lipinski definition) is 1. The number of nitrogens with zero attached hydrogens (tertiary/aromatic N) is 1. The van der Waals surface area contributed by atoms with Gasteiger partial charge in [0, 0.05) is 16.1 Å². The topological polar surface area (TPSA) is 55.5 Å². The Morgan fingerprint density at radius 2 is 1.61 bits per heavy atom. The molecule has 0 fully saturated rings. The molecular formula is C22H15Cl2NO3. The summed E-state index contributed by atoms with van der Waals surface area (Å²) in [5, 5.41) is 15.0. The first-order valence-corrected chi connectivity index (χ1v) is 9.29.